The first-order valence-corrected chi connectivity index (χ1v) is 6.10. The highest BCUT2D eigenvalue weighted by Gasteiger charge is 2.04. The predicted octanol–water partition coefficient (Wildman–Crippen LogP) is 3.55. The molecule has 3 heteroatoms. The summed E-state index contributed by atoms with van der Waals surface area (Å²) in [5, 5.41) is 2.79. The van der Waals surface area contributed by atoms with Crippen molar-refractivity contribution in [3.05, 3.63) is 48.6 Å². The highest BCUT2D eigenvalue weighted by molar-refractivity contribution is 6.00. The molecule has 0 unspecified atom stereocenters. The van der Waals surface area contributed by atoms with Crippen LogP contribution in [-0.2, 0) is 4.79 Å². The fourth-order valence-electron chi connectivity index (χ4n) is 1.34. The Balaban J connectivity index is 2.68. The highest BCUT2D eigenvalue weighted by Crippen LogP contribution is 2.23. The number of para-hydroxylation sites is 2. The van der Waals surface area contributed by atoms with Crippen molar-refractivity contribution in [2.24, 2.45) is 0 Å². The van der Waals surface area contributed by atoms with Crippen LogP contribution in [-0.4, -0.2) is 12.5 Å². The zero-order valence-corrected chi connectivity index (χ0v) is 10.8. The van der Waals surface area contributed by atoms with E-state index in [4.69, 9.17) is 4.74 Å². The van der Waals surface area contributed by atoms with Gasteiger partial charge in [-0.1, -0.05) is 37.3 Å². The van der Waals surface area contributed by atoms with E-state index in [2.05, 4.69) is 5.32 Å². The average molecular weight is 245 g/mol. The molecule has 0 aromatic heterocycles. The van der Waals surface area contributed by atoms with E-state index in [9.17, 15) is 4.79 Å². The second kappa shape index (κ2) is 8.12. The van der Waals surface area contributed by atoms with Crippen LogP contribution in [0.4, 0.5) is 5.69 Å². The third-order valence-electron chi connectivity index (χ3n) is 2.16. The number of rotatable bonds is 6. The molecule has 0 fully saturated rings. The van der Waals surface area contributed by atoms with E-state index in [1.54, 1.807) is 12.2 Å². The van der Waals surface area contributed by atoms with Gasteiger partial charge in [0.1, 0.15) is 5.75 Å². The molecule has 0 aliphatic heterocycles. The maximum Gasteiger partial charge on any atom is 0.248 e. The molecule has 0 aliphatic carbocycles. The summed E-state index contributed by atoms with van der Waals surface area (Å²) in [4.78, 5) is 11.6. The minimum Gasteiger partial charge on any atom is -0.491 e. The molecule has 0 atom stereocenters. The van der Waals surface area contributed by atoms with Crippen LogP contribution in [0.2, 0.25) is 0 Å². The van der Waals surface area contributed by atoms with E-state index in [1.807, 2.05) is 44.2 Å². The minimum absolute atomic E-state index is 0.166. The number of carbonyl (C=O) groups is 1. The third kappa shape index (κ3) is 4.87. The molecule has 0 aliphatic rings. The van der Waals surface area contributed by atoms with Gasteiger partial charge in [-0.15, -0.1) is 0 Å². The van der Waals surface area contributed by atoms with Crippen LogP contribution in [0.3, 0.4) is 0 Å². The van der Waals surface area contributed by atoms with E-state index in [1.165, 1.54) is 6.08 Å². The summed E-state index contributed by atoms with van der Waals surface area (Å²) in [7, 11) is 0. The van der Waals surface area contributed by atoms with Gasteiger partial charge in [0.05, 0.1) is 12.3 Å². The van der Waals surface area contributed by atoms with E-state index >= 15 is 0 Å². The number of anilines is 1. The third-order valence-corrected chi connectivity index (χ3v) is 2.16. The van der Waals surface area contributed by atoms with Crippen LogP contribution in [0.5, 0.6) is 5.75 Å². The summed E-state index contributed by atoms with van der Waals surface area (Å²) in [6.45, 7) is 4.58. The van der Waals surface area contributed by atoms with Crippen molar-refractivity contribution >= 4 is 11.6 Å². The van der Waals surface area contributed by atoms with Crippen molar-refractivity contribution in [1.29, 1.82) is 0 Å². The molecule has 0 saturated carbocycles. The first-order valence-electron chi connectivity index (χ1n) is 6.10. The Morgan fingerprint density at radius 2 is 2.11 bits per heavy atom. The Morgan fingerprint density at radius 3 is 2.83 bits per heavy atom. The zero-order valence-electron chi connectivity index (χ0n) is 10.8. The van der Waals surface area contributed by atoms with Gasteiger partial charge in [-0.25, -0.2) is 0 Å². The lowest BCUT2D eigenvalue weighted by atomic mass is 10.3. The van der Waals surface area contributed by atoms with Gasteiger partial charge >= 0.3 is 0 Å². The topological polar surface area (TPSA) is 38.3 Å². The minimum atomic E-state index is -0.166. The summed E-state index contributed by atoms with van der Waals surface area (Å²) >= 11 is 0. The Kier molecular flexibility index (Phi) is 6.33. The molecule has 0 saturated heterocycles. The molecule has 1 amide bonds. The number of ether oxygens (including phenoxy) is 1. The zero-order chi connectivity index (χ0) is 13.2. The van der Waals surface area contributed by atoms with Crippen molar-refractivity contribution in [3.8, 4) is 5.75 Å². The Bertz CT molecular complexity index is 436. The van der Waals surface area contributed by atoms with Crippen LogP contribution in [0.15, 0.2) is 48.6 Å². The highest BCUT2D eigenvalue weighted by atomic mass is 16.5. The van der Waals surface area contributed by atoms with Gasteiger partial charge in [0.2, 0.25) is 5.91 Å². The van der Waals surface area contributed by atoms with Gasteiger partial charge in [-0.3, -0.25) is 4.79 Å². The molecule has 18 heavy (non-hydrogen) atoms. The maximum atomic E-state index is 11.6. The van der Waals surface area contributed by atoms with Crippen LogP contribution in [0.1, 0.15) is 20.3 Å². The van der Waals surface area contributed by atoms with Crippen molar-refractivity contribution < 1.29 is 9.53 Å². The number of carbonyl (C=O) groups excluding carboxylic acids is 1. The first kappa shape index (κ1) is 14.0. The summed E-state index contributed by atoms with van der Waals surface area (Å²) in [6.07, 6.45) is 7.78. The van der Waals surface area contributed by atoms with Gasteiger partial charge in [0, 0.05) is 6.08 Å². The number of allylic oxidation sites excluding steroid dienone is 3. The van der Waals surface area contributed by atoms with Crippen molar-refractivity contribution in [3.63, 3.8) is 0 Å². The van der Waals surface area contributed by atoms with Crippen molar-refractivity contribution in [2.75, 3.05) is 11.9 Å². The summed E-state index contributed by atoms with van der Waals surface area (Å²) in [6, 6.07) is 7.42. The summed E-state index contributed by atoms with van der Waals surface area (Å²) in [5.41, 5.74) is 0.695. The van der Waals surface area contributed by atoms with Crippen LogP contribution >= 0.6 is 0 Å². The van der Waals surface area contributed by atoms with E-state index in [0.29, 0.717) is 18.0 Å². The van der Waals surface area contributed by atoms with Gasteiger partial charge in [0.15, 0.2) is 0 Å². The van der Waals surface area contributed by atoms with E-state index in [0.717, 1.165) is 6.42 Å². The maximum absolute atomic E-state index is 11.6. The van der Waals surface area contributed by atoms with Crippen LogP contribution < -0.4 is 10.1 Å². The lowest BCUT2D eigenvalue weighted by Crippen LogP contribution is -2.09. The molecular formula is C15H19NO2. The quantitative estimate of drug-likeness (QED) is 0.615. The Morgan fingerprint density at radius 1 is 1.33 bits per heavy atom. The van der Waals surface area contributed by atoms with Crippen LogP contribution in [0.25, 0.3) is 0 Å². The summed E-state index contributed by atoms with van der Waals surface area (Å²) < 4.78 is 5.56. The van der Waals surface area contributed by atoms with Gasteiger partial charge in [-0.05, 0) is 25.5 Å². The van der Waals surface area contributed by atoms with E-state index < -0.39 is 0 Å². The van der Waals surface area contributed by atoms with Crippen LogP contribution in [0, 0.1) is 0 Å². The van der Waals surface area contributed by atoms with Gasteiger partial charge < -0.3 is 10.1 Å². The SMILES string of the molecule is C/C=C/C=C/C(=O)Nc1ccccc1OCCC. The fourth-order valence-corrected chi connectivity index (χ4v) is 1.34. The molecule has 1 rings (SSSR count). The molecule has 0 bridgehead atoms. The Hall–Kier alpha value is -2.03. The van der Waals surface area contributed by atoms with Crippen molar-refractivity contribution in [1.82, 2.24) is 0 Å². The van der Waals surface area contributed by atoms with Gasteiger partial charge in [-0.2, -0.15) is 0 Å². The molecule has 1 aromatic carbocycles. The monoisotopic (exact) mass is 245 g/mol. The number of nitrogens with one attached hydrogen (secondary N) is 1. The number of hydrogen-bond donors (Lipinski definition) is 1. The lowest BCUT2D eigenvalue weighted by Gasteiger charge is -2.10. The molecule has 0 spiro atoms. The number of hydrogen-bond acceptors (Lipinski definition) is 2. The average Bonchev–Trinajstić information content (AvgIpc) is 2.38. The number of amides is 1. The molecule has 1 aromatic rings. The molecule has 0 radical (unpaired) electrons. The van der Waals surface area contributed by atoms with Gasteiger partial charge in [0.25, 0.3) is 0 Å². The smallest absolute Gasteiger partial charge is 0.248 e. The molecule has 1 N–H and O–H groups in total. The van der Waals surface area contributed by atoms with E-state index in [-0.39, 0.29) is 5.91 Å². The molecular weight excluding hydrogens is 226 g/mol. The predicted molar refractivity (Wildman–Crippen MR) is 74.8 cm³/mol. The summed E-state index contributed by atoms with van der Waals surface area (Å²) in [5.74, 6) is 0.535. The fraction of sp³-hybridized carbons (Fsp3) is 0.267. The largest absolute Gasteiger partial charge is 0.491 e. The number of benzene rings is 1. The second-order valence-corrected chi connectivity index (χ2v) is 3.72. The lowest BCUT2D eigenvalue weighted by molar-refractivity contribution is -0.111. The second-order valence-electron chi connectivity index (χ2n) is 3.72. The van der Waals surface area contributed by atoms with Crippen molar-refractivity contribution in [2.45, 2.75) is 20.3 Å². The normalized spacial score (nSPS) is 11.0. The standard InChI is InChI=1S/C15H19NO2/c1-3-5-6-11-15(17)16-13-9-7-8-10-14(13)18-12-4-2/h3,5-11H,4,12H2,1-2H3,(H,16,17)/b5-3+,11-6+. The molecule has 0 heterocycles. The molecule has 96 valence electrons. The molecule has 3 nitrogen and oxygen atoms in total. The first-order chi connectivity index (χ1) is 8.77. The Labute approximate surface area is 108 Å².